The molecule has 0 aliphatic carbocycles. The fourth-order valence-corrected chi connectivity index (χ4v) is 4.74. The summed E-state index contributed by atoms with van der Waals surface area (Å²) >= 11 is 6.63. The van der Waals surface area contributed by atoms with Gasteiger partial charge < -0.3 is 25.0 Å². The molecule has 1 atom stereocenters. The van der Waals surface area contributed by atoms with E-state index in [0.717, 1.165) is 6.07 Å². The Labute approximate surface area is 218 Å². The van der Waals surface area contributed by atoms with E-state index < -0.39 is 29.4 Å². The third-order valence-electron chi connectivity index (χ3n) is 6.14. The molecule has 11 heteroatoms. The van der Waals surface area contributed by atoms with Crippen molar-refractivity contribution in [1.82, 2.24) is 14.8 Å². The fourth-order valence-electron chi connectivity index (χ4n) is 4.45. The number of ether oxygens (including phenoxy) is 1. The monoisotopic (exact) mass is 530 g/mol. The maximum atomic E-state index is 14.8. The molecule has 2 N–H and O–H groups in total. The number of hydrogen-bond donors (Lipinski definition) is 2. The number of benzene rings is 1. The lowest BCUT2D eigenvalue weighted by Gasteiger charge is -2.39. The second-order valence-electron chi connectivity index (χ2n) is 10.2. The highest BCUT2D eigenvalue weighted by molar-refractivity contribution is 6.35. The van der Waals surface area contributed by atoms with Gasteiger partial charge in [-0.05, 0) is 23.6 Å². The highest BCUT2D eigenvalue weighted by Crippen LogP contribution is 2.45. The van der Waals surface area contributed by atoms with E-state index in [-0.39, 0.29) is 77.4 Å². The number of aromatic nitrogens is 1. The van der Waals surface area contributed by atoms with E-state index in [4.69, 9.17) is 16.3 Å². The number of amides is 3. The molecule has 0 spiro atoms. The Morgan fingerprint density at radius 3 is 2.70 bits per heavy atom. The number of carbonyl (C=O) groups is 3. The van der Waals surface area contributed by atoms with Crippen LogP contribution in [0, 0.1) is 11.2 Å². The van der Waals surface area contributed by atoms with E-state index in [1.165, 1.54) is 18.2 Å². The molecular formula is C26H28ClFN4O5. The molecule has 1 fully saturated rings. The van der Waals surface area contributed by atoms with Gasteiger partial charge in [0.25, 0.3) is 5.91 Å². The quantitative estimate of drug-likeness (QED) is 0.581. The third-order valence-corrected chi connectivity index (χ3v) is 6.49. The minimum Gasteiger partial charge on any atom is -0.507 e. The van der Waals surface area contributed by atoms with Crippen LogP contribution in [0.4, 0.5) is 10.2 Å². The van der Waals surface area contributed by atoms with Crippen molar-refractivity contribution >= 4 is 35.1 Å². The van der Waals surface area contributed by atoms with Crippen molar-refractivity contribution in [3.8, 4) is 22.8 Å². The number of fused-ring (bicyclic) bond motifs is 2. The van der Waals surface area contributed by atoms with Gasteiger partial charge in [-0.3, -0.25) is 14.4 Å². The van der Waals surface area contributed by atoms with Crippen molar-refractivity contribution in [3.63, 3.8) is 0 Å². The lowest BCUT2D eigenvalue weighted by molar-refractivity contribution is -0.128. The van der Waals surface area contributed by atoms with Crippen LogP contribution in [0.1, 0.15) is 37.6 Å². The van der Waals surface area contributed by atoms with Gasteiger partial charge in [-0.2, -0.15) is 0 Å². The van der Waals surface area contributed by atoms with Crippen LogP contribution in [0.3, 0.4) is 0 Å². The summed E-state index contributed by atoms with van der Waals surface area (Å²) in [6, 6.07) is 3.23. The molecule has 1 aromatic heterocycles. The topological polar surface area (TPSA) is 112 Å². The first-order chi connectivity index (χ1) is 17.4. The summed E-state index contributed by atoms with van der Waals surface area (Å²) in [5.41, 5.74) is -0.905. The van der Waals surface area contributed by atoms with Gasteiger partial charge in [0.1, 0.15) is 40.3 Å². The summed E-state index contributed by atoms with van der Waals surface area (Å²) in [6.45, 7) is 9.87. The Balaban J connectivity index is 1.84. The molecular weight excluding hydrogens is 503 g/mol. The highest BCUT2D eigenvalue weighted by atomic mass is 35.5. The summed E-state index contributed by atoms with van der Waals surface area (Å²) in [4.78, 5) is 46.3. The molecule has 2 aliphatic heterocycles. The van der Waals surface area contributed by atoms with E-state index in [2.05, 4.69) is 16.9 Å². The van der Waals surface area contributed by atoms with E-state index in [0.29, 0.717) is 0 Å². The number of halogens is 2. The van der Waals surface area contributed by atoms with Gasteiger partial charge in [0.2, 0.25) is 11.8 Å². The SMILES string of the molecule is C=CC(=O)N1CCN2C(=O)c3c(NC(=O)CC(C)(C)C)nc(-c4c(O)cccc4F)c(Cl)c3OCC2C1. The van der Waals surface area contributed by atoms with Gasteiger partial charge in [-0.15, -0.1) is 0 Å². The zero-order chi connectivity index (χ0) is 27.1. The number of nitrogens with zero attached hydrogens (tertiary/aromatic N) is 3. The largest absolute Gasteiger partial charge is 0.507 e. The Morgan fingerprint density at radius 1 is 1.32 bits per heavy atom. The van der Waals surface area contributed by atoms with Crippen LogP contribution >= 0.6 is 11.6 Å². The van der Waals surface area contributed by atoms with Crippen molar-refractivity contribution in [1.29, 1.82) is 0 Å². The van der Waals surface area contributed by atoms with Crippen LogP contribution in [-0.2, 0) is 9.59 Å². The average molecular weight is 531 g/mol. The van der Waals surface area contributed by atoms with Crippen LogP contribution in [0.2, 0.25) is 5.02 Å². The van der Waals surface area contributed by atoms with Crippen LogP contribution in [0.5, 0.6) is 11.5 Å². The van der Waals surface area contributed by atoms with Gasteiger partial charge in [0.15, 0.2) is 5.75 Å². The van der Waals surface area contributed by atoms with E-state index in [1.807, 2.05) is 20.8 Å². The highest BCUT2D eigenvalue weighted by Gasteiger charge is 2.40. The van der Waals surface area contributed by atoms with Gasteiger partial charge in [-0.25, -0.2) is 9.37 Å². The molecule has 1 unspecified atom stereocenters. The van der Waals surface area contributed by atoms with Crippen molar-refractivity contribution in [3.05, 3.63) is 47.3 Å². The van der Waals surface area contributed by atoms with E-state index in [9.17, 15) is 23.9 Å². The molecule has 0 bridgehead atoms. The van der Waals surface area contributed by atoms with Crippen molar-refractivity contribution in [2.45, 2.75) is 33.2 Å². The Bertz CT molecular complexity index is 1270. The zero-order valence-electron chi connectivity index (χ0n) is 20.8. The minimum absolute atomic E-state index is 0.0124. The van der Waals surface area contributed by atoms with Crippen LogP contribution in [-0.4, -0.2) is 69.9 Å². The molecule has 2 aromatic rings. The zero-order valence-corrected chi connectivity index (χ0v) is 21.6. The second-order valence-corrected chi connectivity index (χ2v) is 10.6. The molecule has 9 nitrogen and oxygen atoms in total. The third kappa shape index (κ3) is 5.24. The van der Waals surface area contributed by atoms with Crippen LogP contribution in [0.15, 0.2) is 30.9 Å². The number of aromatic hydroxyl groups is 1. The van der Waals surface area contributed by atoms with Gasteiger partial charge >= 0.3 is 0 Å². The van der Waals surface area contributed by atoms with Crippen LogP contribution < -0.4 is 10.1 Å². The number of phenols is 1. The second kappa shape index (κ2) is 10.0. The predicted octanol–water partition coefficient (Wildman–Crippen LogP) is 3.85. The number of rotatable bonds is 4. The van der Waals surface area contributed by atoms with Gasteiger partial charge in [-0.1, -0.05) is 45.0 Å². The standard InChI is InChI=1S/C26H28ClFN4O5/c1-5-18(35)31-9-10-32-14(12-31)13-37-23-20(25(32)36)24(29-17(34)11-26(2,3)4)30-22(21(23)27)19-15(28)7-6-8-16(19)33/h5-8,14,33H,1,9-13H2,2-4H3,(H,29,30,34). The van der Waals surface area contributed by atoms with Crippen molar-refractivity contribution in [2.75, 3.05) is 31.6 Å². The van der Waals surface area contributed by atoms with E-state index in [1.54, 1.807) is 9.80 Å². The predicted molar refractivity (Wildman–Crippen MR) is 136 cm³/mol. The van der Waals surface area contributed by atoms with Crippen molar-refractivity contribution < 1.29 is 28.6 Å². The molecule has 0 radical (unpaired) electrons. The number of carbonyl (C=O) groups excluding carboxylic acids is 3. The average Bonchev–Trinajstić information content (AvgIpc) is 2.96. The molecule has 196 valence electrons. The first-order valence-electron chi connectivity index (χ1n) is 11.8. The normalized spacial score (nSPS) is 17.3. The molecule has 37 heavy (non-hydrogen) atoms. The van der Waals surface area contributed by atoms with Crippen molar-refractivity contribution in [2.24, 2.45) is 5.41 Å². The maximum Gasteiger partial charge on any atom is 0.261 e. The lowest BCUT2D eigenvalue weighted by atomic mass is 9.92. The smallest absolute Gasteiger partial charge is 0.261 e. The van der Waals surface area contributed by atoms with Gasteiger partial charge in [0.05, 0.1) is 11.6 Å². The molecule has 3 heterocycles. The van der Waals surface area contributed by atoms with Crippen LogP contribution in [0.25, 0.3) is 11.3 Å². The molecule has 1 saturated heterocycles. The molecule has 1 aromatic carbocycles. The Kier molecular flexibility index (Phi) is 7.14. The number of hydrogen-bond acceptors (Lipinski definition) is 6. The summed E-state index contributed by atoms with van der Waals surface area (Å²) in [7, 11) is 0. The van der Waals surface area contributed by atoms with E-state index >= 15 is 0 Å². The number of nitrogens with one attached hydrogen (secondary N) is 1. The summed E-state index contributed by atoms with van der Waals surface area (Å²) in [6.07, 6.45) is 1.33. The fraction of sp³-hybridized carbons (Fsp3) is 0.385. The molecule has 4 rings (SSSR count). The summed E-state index contributed by atoms with van der Waals surface area (Å²) in [5, 5.41) is 12.9. The molecule has 2 aliphatic rings. The lowest BCUT2D eigenvalue weighted by Crippen LogP contribution is -2.57. The maximum absolute atomic E-state index is 14.8. The Morgan fingerprint density at radius 2 is 2.05 bits per heavy atom. The number of pyridine rings is 1. The Hall–Kier alpha value is -3.66. The summed E-state index contributed by atoms with van der Waals surface area (Å²) < 4.78 is 20.8. The number of anilines is 1. The first kappa shape index (κ1) is 26.4. The van der Waals surface area contributed by atoms with Gasteiger partial charge in [0, 0.05) is 26.1 Å². The minimum atomic E-state index is -0.794. The molecule has 0 saturated carbocycles. The summed E-state index contributed by atoms with van der Waals surface area (Å²) in [5.74, 6) is -2.62. The number of phenolic OH excluding ortho intramolecular Hbond substituents is 1. The molecule has 3 amide bonds. The first-order valence-corrected chi connectivity index (χ1v) is 12.2. The number of piperazine rings is 1.